The summed E-state index contributed by atoms with van der Waals surface area (Å²) in [5.41, 5.74) is 6.59. The Bertz CT molecular complexity index is 452. The topological polar surface area (TPSA) is 53.0 Å². The summed E-state index contributed by atoms with van der Waals surface area (Å²) in [6, 6.07) is 6.86. The van der Waals surface area contributed by atoms with Crippen molar-refractivity contribution in [3.8, 4) is 6.07 Å². The fourth-order valence-corrected chi connectivity index (χ4v) is 2.46. The standard InChI is InChI=1S/C13H16FN3/c1-9-4-11(7-16)8-17(9)13-3-2-10(6-15)5-12(13)14/h2-3,5,9,11H,4,7-8,16H2,1H3. The van der Waals surface area contributed by atoms with Gasteiger partial charge in [-0.1, -0.05) is 0 Å². The van der Waals surface area contributed by atoms with E-state index >= 15 is 0 Å². The van der Waals surface area contributed by atoms with Crippen molar-refractivity contribution in [2.24, 2.45) is 11.7 Å². The van der Waals surface area contributed by atoms with E-state index < -0.39 is 0 Å². The molecule has 90 valence electrons. The molecule has 3 nitrogen and oxygen atoms in total. The molecule has 2 unspecified atom stereocenters. The van der Waals surface area contributed by atoms with Crippen molar-refractivity contribution >= 4 is 5.69 Å². The largest absolute Gasteiger partial charge is 0.366 e. The van der Waals surface area contributed by atoms with Crippen molar-refractivity contribution in [1.29, 1.82) is 5.26 Å². The van der Waals surface area contributed by atoms with Gasteiger partial charge in [0.15, 0.2) is 0 Å². The van der Waals surface area contributed by atoms with Crippen LogP contribution >= 0.6 is 0 Å². The van der Waals surface area contributed by atoms with Gasteiger partial charge in [-0.25, -0.2) is 4.39 Å². The van der Waals surface area contributed by atoms with Gasteiger partial charge in [0.1, 0.15) is 5.82 Å². The number of nitrogens with zero attached hydrogens (tertiary/aromatic N) is 2. The first-order chi connectivity index (χ1) is 8.15. The SMILES string of the molecule is CC1CC(CN)CN1c1ccc(C#N)cc1F. The molecule has 1 heterocycles. The Morgan fingerprint density at radius 3 is 2.88 bits per heavy atom. The molecule has 1 aliphatic heterocycles. The van der Waals surface area contributed by atoms with Gasteiger partial charge >= 0.3 is 0 Å². The molecule has 0 amide bonds. The number of rotatable bonds is 2. The van der Waals surface area contributed by atoms with Gasteiger partial charge in [-0.15, -0.1) is 0 Å². The van der Waals surface area contributed by atoms with Crippen molar-refractivity contribution in [2.75, 3.05) is 18.0 Å². The number of anilines is 1. The molecule has 1 aliphatic rings. The molecule has 2 rings (SSSR count). The second kappa shape index (κ2) is 4.72. The van der Waals surface area contributed by atoms with Crippen molar-refractivity contribution < 1.29 is 4.39 Å². The van der Waals surface area contributed by atoms with E-state index in [9.17, 15) is 4.39 Å². The summed E-state index contributed by atoms with van der Waals surface area (Å²) in [6.45, 7) is 3.51. The van der Waals surface area contributed by atoms with Crippen molar-refractivity contribution in [1.82, 2.24) is 0 Å². The van der Waals surface area contributed by atoms with E-state index in [1.807, 2.05) is 11.0 Å². The summed E-state index contributed by atoms with van der Waals surface area (Å²) in [4.78, 5) is 2.04. The number of nitriles is 1. The van der Waals surface area contributed by atoms with Crippen LogP contribution in [0.2, 0.25) is 0 Å². The number of hydrogen-bond donors (Lipinski definition) is 1. The third-order valence-corrected chi connectivity index (χ3v) is 3.38. The average molecular weight is 233 g/mol. The summed E-state index contributed by atoms with van der Waals surface area (Å²) in [5, 5.41) is 8.70. The highest BCUT2D eigenvalue weighted by Crippen LogP contribution is 2.30. The molecule has 1 fully saturated rings. The Kier molecular flexibility index (Phi) is 3.30. The molecule has 0 aliphatic carbocycles. The first-order valence-corrected chi connectivity index (χ1v) is 5.82. The van der Waals surface area contributed by atoms with Crippen LogP contribution in [0.15, 0.2) is 18.2 Å². The van der Waals surface area contributed by atoms with Crippen LogP contribution < -0.4 is 10.6 Å². The van der Waals surface area contributed by atoms with Gasteiger partial charge < -0.3 is 10.6 Å². The summed E-state index contributed by atoms with van der Waals surface area (Å²) >= 11 is 0. The lowest BCUT2D eigenvalue weighted by Gasteiger charge is -2.24. The van der Waals surface area contributed by atoms with E-state index in [-0.39, 0.29) is 5.82 Å². The van der Waals surface area contributed by atoms with Crippen LogP contribution in [0.1, 0.15) is 18.9 Å². The molecule has 0 saturated carbocycles. The zero-order valence-electron chi connectivity index (χ0n) is 9.86. The number of halogens is 1. The molecule has 2 N–H and O–H groups in total. The summed E-state index contributed by atoms with van der Waals surface area (Å²) in [6.07, 6.45) is 0.996. The van der Waals surface area contributed by atoms with E-state index in [0.717, 1.165) is 13.0 Å². The highest BCUT2D eigenvalue weighted by atomic mass is 19.1. The predicted octanol–water partition coefficient (Wildman–Crippen LogP) is 1.87. The van der Waals surface area contributed by atoms with E-state index in [4.69, 9.17) is 11.0 Å². The lowest BCUT2D eigenvalue weighted by atomic mass is 10.1. The Hall–Kier alpha value is -1.60. The smallest absolute Gasteiger partial charge is 0.147 e. The summed E-state index contributed by atoms with van der Waals surface area (Å²) in [7, 11) is 0. The van der Waals surface area contributed by atoms with Crippen LogP contribution in [0.3, 0.4) is 0 Å². The summed E-state index contributed by atoms with van der Waals surface area (Å²) < 4.78 is 13.9. The molecule has 1 aromatic rings. The second-order valence-corrected chi connectivity index (χ2v) is 4.62. The van der Waals surface area contributed by atoms with E-state index in [1.54, 1.807) is 12.1 Å². The lowest BCUT2D eigenvalue weighted by Crippen LogP contribution is -2.28. The fourth-order valence-electron chi connectivity index (χ4n) is 2.46. The highest BCUT2D eigenvalue weighted by molar-refractivity contribution is 5.52. The zero-order valence-corrected chi connectivity index (χ0v) is 9.86. The zero-order chi connectivity index (χ0) is 12.4. The van der Waals surface area contributed by atoms with E-state index in [2.05, 4.69) is 6.92 Å². The van der Waals surface area contributed by atoms with Crippen LogP contribution in [-0.4, -0.2) is 19.1 Å². The minimum atomic E-state index is -0.325. The molecular weight excluding hydrogens is 217 g/mol. The van der Waals surface area contributed by atoms with Gasteiger partial charge in [-0.3, -0.25) is 0 Å². The molecule has 1 aromatic carbocycles. The Morgan fingerprint density at radius 1 is 1.59 bits per heavy atom. The van der Waals surface area contributed by atoms with Crippen LogP contribution in [0.5, 0.6) is 0 Å². The average Bonchev–Trinajstić information content (AvgIpc) is 2.70. The molecule has 17 heavy (non-hydrogen) atoms. The van der Waals surface area contributed by atoms with E-state index in [1.165, 1.54) is 6.07 Å². The predicted molar refractivity (Wildman–Crippen MR) is 65.1 cm³/mol. The number of nitrogens with two attached hydrogens (primary N) is 1. The molecular formula is C13H16FN3. The first-order valence-electron chi connectivity index (χ1n) is 5.82. The molecule has 0 spiro atoms. The third-order valence-electron chi connectivity index (χ3n) is 3.38. The third kappa shape index (κ3) is 2.25. The van der Waals surface area contributed by atoms with Gasteiger partial charge in [-0.05, 0) is 44.0 Å². The van der Waals surface area contributed by atoms with Gasteiger partial charge in [0, 0.05) is 12.6 Å². The maximum Gasteiger partial charge on any atom is 0.147 e. The van der Waals surface area contributed by atoms with Crippen molar-refractivity contribution in [3.63, 3.8) is 0 Å². The molecule has 0 radical (unpaired) electrons. The molecule has 0 aromatic heterocycles. The Morgan fingerprint density at radius 2 is 2.35 bits per heavy atom. The van der Waals surface area contributed by atoms with Gasteiger partial charge in [-0.2, -0.15) is 5.26 Å². The minimum absolute atomic E-state index is 0.297. The quantitative estimate of drug-likeness (QED) is 0.848. The van der Waals surface area contributed by atoms with Crippen LogP contribution in [0, 0.1) is 23.1 Å². The molecule has 4 heteroatoms. The normalized spacial score (nSPS) is 23.8. The van der Waals surface area contributed by atoms with E-state index in [0.29, 0.717) is 29.8 Å². The van der Waals surface area contributed by atoms with Gasteiger partial charge in [0.05, 0.1) is 17.3 Å². The maximum atomic E-state index is 13.9. The minimum Gasteiger partial charge on any atom is -0.366 e. The lowest BCUT2D eigenvalue weighted by molar-refractivity contribution is 0.579. The van der Waals surface area contributed by atoms with Crippen molar-refractivity contribution in [2.45, 2.75) is 19.4 Å². The second-order valence-electron chi connectivity index (χ2n) is 4.62. The van der Waals surface area contributed by atoms with Crippen LogP contribution in [-0.2, 0) is 0 Å². The number of hydrogen-bond acceptors (Lipinski definition) is 3. The van der Waals surface area contributed by atoms with Crippen molar-refractivity contribution in [3.05, 3.63) is 29.6 Å². The first kappa shape index (κ1) is 11.9. The Balaban J connectivity index is 2.26. The molecule has 0 bridgehead atoms. The Labute approximate surface area is 101 Å². The maximum absolute atomic E-state index is 13.9. The van der Waals surface area contributed by atoms with Gasteiger partial charge in [0.25, 0.3) is 0 Å². The fraction of sp³-hybridized carbons (Fsp3) is 0.462. The van der Waals surface area contributed by atoms with Gasteiger partial charge in [0.2, 0.25) is 0 Å². The number of benzene rings is 1. The molecule has 1 saturated heterocycles. The van der Waals surface area contributed by atoms with Crippen LogP contribution in [0.4, 0.5) is 10.1 Å². The van der Waals surface area contributed by atoms with Crippen LogP contribution in [0.25, 0.3) is 0 Å². The highest BCUT2D eigenvalue weighted by Gasteiger charge is 2.29. The molecule has 2 atom stereocenters. The summed E-state index contributed by atoms with van der Waals surface area (Å²) in [5.74, 6) is 0.105. The monoisotopic (exact) mass is 233 g/mol.